The predicted molar refractivity (Wildman–Crippen MR) is 76.5 cm³/mol. The summed E-state index contributed by atoms with van der Waals surface area (Å²) < 4.78 is 0. The molecule has 1 amide bonds. The molecule has 1 aliphatic heterocycles. The third-order valence-corrected chi connectivity index (χ3v) is 3.48. The number of rotatable bonds is 2. The van der Waals surface area contributed by atoms with Gasteiger partial charge in [-0.1, -0.05) is 41.5 Å². The van der Waals surface area contributed by atoms with Crippen LogP contribution in [0.3, 0.4) is 0 Å². The quantitative estimate of drug-likeness (QED) is 0.756. The van der Waals surface area contributed by atoms with Crippen molar-refractivity contribution in [3.63, 3.8) is 0 Å². The molecule has 0 unspecified atom stereocenters. The highest BCUT2D eigenvalue weighted by Gasteiger charge is 2.29. The van der Waals surface area contributed by atoms with Gasteiger partial charge < -0.3 is 4.90 Å². The minimum atomic E-state index is -0.242. The van der Waals surface area contributed by atoms with Crippen LogP contribution in [0.5, 0.6) is 0 Å². The topological polar surface area (TPSA) is 23.6 Å². The average Bonchev–Trinajstić information content (AvgIpc) is 2.24. The monoisotopic (exact) mass is 254 g/mol. The predicted octanol–water partition coefficient (Wildman–Crippen LogP) is 2.61. The van der Waals surface area contributed by atoms with Gasteiger partial charge in [0.1, 0.15) is 0 Å². The molecule has 1 aliphatic rings. The lowest BCUT2D eigenvalue weighted by molar-refractivity contribution is -0.141. The van der Waals surface area contributed by atoms with Gasteiger partial charge in [-0.15, -0.1) is 0 Å². The maximum Gasteiger partial charge on any atom is 0.228 e. The maximum absolute atomic E-state index is 12.2. The number of carbonyl (C=O) groups excluding carboxylic acids is 1. The van der Waals surface area contributed by atoms with E-state index in [2.05, 4.69) is 25.7 Å². The lowest BCUT2D eigenvalue weighted by Gasteiger charge is -2.38. The molecule has 1 rings (SSSR count). The summed E-state index contributed by atoms with van der Waals surface area (Å²) in [7, 11) is 0. The van der Waals surface area contributed by atoms with Gasteiger partial charge >= 0.3 is 0 Å². The number of hydrogen-bond donors (Lipinski definition) is 0. The standard InChI is InChI=1S/C15H30N2O/c1-14(2,3)7-8-16-9-11-17(12-10-16)13(18)15(4,5)6/h7-12H2,1-6H3. The lowest BCUT2D eigenvalue weighted by atomic mass is 9.92. The van der Waals surface area contributed by atoms with E-state index in [1.165, 1.54) is 6.42 Å². The Kier molecular flexibility index (Phi) is 4.82. The smallest absolute Gasteiger partial charge is 0.228 e. The molecule has 0 atom stereocenters. The molecule has 106 valence electrons. The Morgan fingerprint density at radius 2 is 1.44 bits per heavy atom. The summed E-state index contributed by atoms with van der Waals surface area (Å²) in [6.45, 7) is 17.8. The van der Waals surface area contributed by atoms with E-state index in [9.17, 15) is 4.79 Å². The van der Waals surface area contributed by atoms with Gasteiger partial charge in [-0.2, -0.15) is 0 Å². The number of amides is 1. The van der Waals surface area contributed by atoms with Crippen molar-refractivity contribution in [2.75, 3.05) is 32.7 Å². The fraction of sp³-hybridized carbons (Fsp3) is 0.933. The molecule has 3 heteroatoms. The van der Waals surface area contributed by atoms with Gasteiger partial charge in [0.2, 0.25) is 5.91 Å². The Hall–Kier alpha value is -0.570. The zero-order valence-electron chi connectivity index (χ0n) is 13.0. The molecule has 0 aromatic rings. The molecule has 1 saturated heterocycles. The largest absolute Gasteiger partial charge is 0.340 e. The van der Waals surface area contributed by atoms with Crippen molar-refractivity contribution in [3.8, 4) is 0 Å². The van der Waals surface area contributed by atoms with Crippen LogP contribution in [0.1, 0.15) is 48.0 Å². The minimum Gasteiger partial charge on any atom is -0.340 e. The summed E-state index contributed by atoms with van der Waals surface area (Å²) in [5, 5.41) is 0. The minimum absolute atomic E-state index is 0.242. The normalized spacial score (nSPS) is 19.1. The number of nitrogens with zero attached hydrogens (tertiary/aromatic N) is 2. The summed E-state index contributed by atoms with van der Waals surface area (Å²) in [5.41, 5.74) is 0.159. The Morgan fingerprint density at radius 1 is 0.944 bits per heavy atom. The summed E-state index contributed by atoms with van der Waals surface area (Å²) >= 11 is 0. The van der Waals surface area contributed by atoms with Crippen LogP contribution in [-0.4, -0.2) is 48.4 Å². The average molecular weight is 254 g/mol. The summed E-state index contributed by atoms with van der Waals surface area (Å²) in [5.74, 6) is 0.290. The fourth-order valence-electron chi connectivity index (χ4n) is 2.14. The van der Waals surface area contributed by atoms with Crippen LogP contribution in [0.15, 0.2) is 0 Å². The second-order valence-corrected chi connectivity index (χ2v) is 7.69. The van der Waals surface area contributed by atoms with Crippen LogP contribution >= 0.6 is 0 Å². The Balaban J connectivity index is 2.35. The molecular weight excluding hydrogens is 224 g/mol. The second-order valence-electron chi connectivity index (χ2n) is 7.69. The summed E-state index contributed by atoms with van der Waals surface area (Å²) in [6, 6.07) is 0. The fourth-order valence-corrected chi connectivity index (χ4v) is 2.14. The van der Waals surface area contributed by atoms with Crippen molar-refractivity contribution >= 4 is 5.91 Å². The number of carbonyl (C=O) groups is 1. The molecule has 0 radical (unpaired) electrons. The van der Waals surface area contributed by atoms with E-state index in [4.69, 9.17) is 0 Å². The van der Waals surface area contributed by atoms with Gasteiger partial charge in [0.25, 0.3) is 0 Å². The van der Waals surface area contributed by atoms with Crippen LogP contribution in [-0.2, 0) is 4.79 Å². The van der Waals surface area contributed by atoms with Crippen LogP contribution in [0.25, 0.3) is 0 Å². The van der Waals surface area contributed by atoms with Crippen molar-refractivity contribution in [3.05, 3.63) is 0 Å². The number of piperazine rings is 1. The van der Waals surface area contributed by atoms with Gasteiger partial charge in [-0.3, -0.25) is 9.69 Å². The molecule has 0 N–H and O–H groups in total. The van der Waals surface area contributed by atoms with Crippen molar-refractivity contribution in [2.24, 2.45) is 10.8 Å². The van der Waals surface area contributed by atoms with E-state index in [1.54, 1.807) is 0 Å². The van der Waals surface area contributed by atoms with E-state index in [-0.39, 0.29) is 11.3 Å². The third-order valence-electron chi connectivity index (χ3n) is 3.48. The highest BCUT2D eigenvalue weighted by molar-refractivity contribution is 5.81. The van der Waals surface area contributed by atoms with Gasteiger partial charge in [-0.25, -0.2) is 0 Å². The summed E-state index contributed by atoms with van der Waals surface area (Å²) in [6.07, 6.45) is 1.22. The zero-order valence-corrected chi connectivity index (χ0v) is 13.0. The van der Waals surface area contributed by atoms with E-state index >= 15 is 0 Å². The first-order valence-corrected chi connectivity index (χ1v) is 7.11. The van der Waals surface area contributed by atoms with Crippen molar-refractivity contribution in [1.82, 2.24) is 9.80 Å². The highest BCUT2D eigenvalue weighted by atomic mass is 16.2. The first kappa shape index (κ1) is 15.5. The highest BCUT2D eigenvalue weighted by Crippen LogP contribution is 2.21. The molecule has 1 heterocycles. The molecule has 1 fully saturated rings. The molecule has 3 nitrogen and oxygen atoms in total. The first-order chi connectivity index (χ1) is 8.09. The lowest BCUT2D eigenvalue weighted by Crippen LogP contribution is -2.51. The summed E-state index contributed by atoms with van der Waals surface area (Å²) in [4.78, 5) is 16.7. The molecule has 0 aliphatic carbocycles. The van der Waals surface area contributed by atoms with Crippen molar-refractivity contribution in [1.29, 1.82) is 0 Å². The van der Waals surface area contributed by atoms with Gasteiger partial charge in [0.15, 0.2) is 0 Å². The molecule has 0 saturated carbocycles. The Bertz CT molecular complexity index is 278. The molecule has 0 aromatic heterocycles. The van der Waals surface area contributed by atoms with E-state index in [1.807, 2.05) is 25.7 Å². The van der Waals surface area contributed by atoms with E-state index in [0.29, 0.717) is 5.41 Å². The van der Waals surface area contributed by atoms with Gasteiger partial charge in [0.05, 0.1) is 0 Å². The maximum atomic E-state index is 12.2. The molecular formula is C15H30N2O. The Morgan fingerprint density at radius 3 is 1.83 bits per heavy atom. The van der Waals surface area contributed by atoms with Crippen LogP contribution in [0.2, 0.25) is 0 Å². The van der Waals surface area contributed by atoms with Crippen molar-refractivity contribution < 1.29 is 4.79 Å². The molecule has 0 aromatic carbocycles. The second kappa shape index (κ2) is 5.60. The molecule has 0 spiro atoms. The van der Waals surface area contributed by atoms with Crippen LogP contribution in [0, 0.1) is 10.8 Å². The van der Waals surface area contributed by atoms with E-state index in [0.717, 1.165) is 32.7 Å². The third kappa shape index (κ3) is 4.97. The SMILES string of the molecule is CC(C)(C)CCN1CCN(C(=O)C(C)(C)C)CC1. The van der Waals surface area contributed by atoms with Crippen LogP contribution in [0.4, 0.5) is 0 Å². The van der Waals surface area contributed by atoms with Gasteiger partial charge in [-0.05, 0) is 18.4 Å². The molecule has 0 bridgehead atoms. The number of hydrogen-bond acceptors (Lipinski definition) is 2. The van der Waals surface area contributed by atoms with Crippen molar-refractivity contribution in [2.45, 2.75) is 48.0 Å². The van der Waals surface area contributed by atoms with Gasteiger partial charge in [0, 0.05) is 31.6 Å². The molecule has 18 heavy (non-hydrogen) atoms. The van der Waals surface area contributed by atoms with E-state index < -0.39 is 0 Å². The van der Waals surface area contributed by atoms with Crippen LogP contribution < -0.4 is 0 Å². The Labute approximate surface area is 113 Å². The first-order valence-electron chi connectivity index (χ1n) is 7.11. The zero-order chi connectivity index (χ0) is 14.0.